The number of nitrogens with zero attached hydrogens (tertiary/aromatic N) is 3. The summed E-state index contributed by atoms with van der Waals surface area (Å²) < 4.78 is 5.41. The van der Waals surface area contributed by atoms with Gasteiger partial charge in [0.25, 0.3) is 0 Å². The summed E-state index contributed by atoms with van der Waals surface area (Å²) in [6, 6.07) is 9.49. The van der Waals surface area contributed by atoms with E-state index in [0.29, 0.717) is 41.4 Å². The van der Waals surface area contributed by atoms with Gasteiger partial charge in [0.15, 0.2) is 0 Å². The molecular weight excluding hydrogens is 487 g/mol. The van der Waals surface area contributed by atoms with Gasteiger partial charge in [-0.15, -0.1) is 11.3 Å². The maximum atomic E-state index is 12.6. The second-order valence-electron chi connectivity index (χ2n) is 7.64. The van der Waals surface area contributed by atoms with Crippen molar-refractivity contribution in [1.29, 1.82) is 0 Å². The zero-order valence-electron chi connectivity index (χ0n) is 17.4. The summed E-state index contributed by atoms with van der Waals surface area (Å²) in [7, 11) is 0. The van der Waals surface area contributed by atoms with E-state index in [1.54, 1.807) is 29.2 Å². The van der Waals surface area contributed by atoms with Crippen LogP contribution in [-0.2, 0) is 17.1 Å². The predicted octanol–water partition coefficient (Wildman–Crippen LogP) is 5.37. The van der Waals surface area contributed by atoms with Crippen LogP contribution in [0, 0.1) is 5.92 Å². The smallest absolute Gasteiger partial charge is 0.241 e. The lowest BCUT2D eigenvalue weighted by atomic mass is 9.97. The Balaban J connectivity index is 1.18. The molecule has 1 aliphatic heterocycles. The fraction of sp³-hybridized carbons (Fsp3) is 0.409. The highest BCUT2D eigenvalue weighted by Crippen LogP contribution is 2.25. The van der Waals surface area contributed by atoms with Gasteiger partial charge in [0.05, 0.1) is 17.3 Å². The van der Waals surface area contributed by atoms with Crippen molar-refractivity contribution in [3.8, 4) is 10.7 Å². The van der Waals surface area contributed by atoms with Crippen molar-refractivity contribution in [2.24, 2.45) is 5.92 Å². The molecule has 1 aliphatic rings. The first-order chi connectivity index (χ1) is 15.6. The van der Waals surface area contributed by atoms with E-state index in [-0.39, 0.29) is 11.8 Å². The zero-order valence-corrected chi connectivity index (χ0v) is 20.6. The van der Waals surface area contributed by atoms with E-state index < -0.39 is 0 Å². The second kappa shape index (κ2) is 11.5. The Bertz CT molecular complexity index is 1030. The number of hydrogen-bond acceptors (Lipinski definition) is 7. The van der Waals surface area contributed by atoms with Gasteiger partial charge in [-0.25, -0.2) is 0 Å². The number of aromatic nitrogens is 2. The standard InChI is InChI=1S/C22H24Cl2N4O2S2/c23-17-6-5-16(18(24)11-17)14-31-10-7-25-22(29)15-3-1-8-28(12-15)13-20-26-21(27-30-20)19-4-2-9-32-19/h2,4-6,9,11,15H,1,3,7-8,10,12-14H2,(H,25,29). The molecule has 6 nitrogen and oxygen atoms in total. The van der Waals surface area contributed by atoms with E-state index in [9.17, 15) is 4.79 Å². The van der Waals surface area contributed by atoms with Crippen molar-refractivity contribution >= 4 is 52.2 Å². The topological polar surface area (TPSA) is 71.3 Å². The van der Waals surface area contributed by atoms with Crippen LogP contribution < -0.4 is 5.32 Å². The fourth-order valence-corrected chi connectivity index (χ4v) is 5.71. The number of piperidine rings is 1. The van der Waals surface area contributed by atoms with Crippen LogP contribution >= 0.6 is 46.3 Å². The Morgan fingerprint density at radius 3 is 3.06 bits per heavy atom. The average molecular weight is 512 g/mol. The lowest BCUT2D eigenvalue weighted by Gasteiger charge is -2.30. The molecule has 0 aliphatic carbocycles. The molecule has 1 unspecified atom stereocenters. The van der Waals surface area contributed by atoms with Crippen LogP contribution in [0.3, 0.4) is 0 Å². The number of likely N-dealkylation sites (tertiary alicyclic amines) is 1. The summed E-state index contributed by atoms with van der Waals surface area (Å²) in [5.74, 6) is 2.93. The minimum absolute atomic E-state index is 0.0147. The summed E-state index contributed by atoms with van der Waals surface area (Å²) in [6.07, 6.45) is 1.88. The SMILES string of the molecule is O=C(NCCSCc1ccc(Cl)cc1Cl)C1CCCN(Cc2nc(-c3cccs3)no2)C1. The molecule has 4 rings (SSSR count). The van der Waals surface area contributed by atoms with Crippen molar-refractivity contribution in [3.63, 3.8) is 0 Å². The average Bonchev–Trinajstić information content (AvgIpc) is 3.47. The van der Waals surface area contributed by atoms with Crippen molar-refractivity contribution in [2.75, 3.05) is 25.4 Å². The molecular formula is C22H24Cl2N4O2S2. The van der Waals surface area contributed by atoms with Gasteiger partial charge in [0.1, 0.15) is 0 Å². The number of carbonyl (C=O) groups excluding carboxylic acids is 1. The number of hydrogen-bond donors (Lipinski definition) is 1. The maximum Gasteiger partial charge on any atom is 0.241 e. The number of rotatable bonds is 9. The van der Waals surface area contributed by atoms with Gasteiger partial charge in [-0.3, -0.25) is 9.69 Å². The van der Waals surface area contributed by atoms with Crippen molar-refractivity contribution in [2.45, 2.75) is 25.1 Å². The Labute approximate surface area is 205 Å². The van der Waals surface area contributed by atoms with Crippen LogP contribution in [0.5, 0.6) is 0 Å². The first-order valence-corrected chi connectivity index (χ1v) is 13.3. The van der Waals surface area contributed by atoms with Crippen molar-refractivity contribution in [3.05, 3.63) is 57.2 Å². The van der Waals surface area contributed by atoms with E-state index >= 15 is 0 Å². The van der Waals surface area contributed by atoms with E-state index in [0.717, 1.165) is 41.3 Å². The number of amides is 1. The molecule has 0 spiro atoms. The highest BCUT2D eigenvalue weighted by atomic mass is 35.5. The summed E-state index contributed by atoms with van der Waals surface area (Å²) in [5.41, 5.74) is 1.05. The molecule has 1 amide bonds. The molecule has 3 heterocycles. The maximum absolute atomic E-state index is 12.6. The minimum atomic E-state index is -0.0147. The van der Waals surface area contributed by atoms with E-state index in [1.165, 1.54) is 0 Å². The summed E-state index contributed by atoms with van der Waals surface area (Å²) in [6.45, 7) is 2.84. The van der Waals surface area contributed by atoms with E-state index in [1.807, 2.05) is 29.6 Å². The summed E-state index contributed by atoms with van der Waals surface area (Å²) in [4.78, 5) is 20.4. The molecule has 10 heteroatoms. The number of halogens is 2. The monoisotopic (exact) mass is 510 g/mol. The highest BCUT2D eigenvalue weighted by molar-refractivity contribution is 7.98. The molecule has 0 bridgehead atoms. The first kappa shape index (κ1) is 23.6. The normalized spacial score (nSPS) is 16.9. The highest BCUT2D eigenvalue weighted by Gasteiger charge is 2.26. The van der Waals surface area contributed by atoms with Gasteiger partial charge < -0.3 is 9.84 Å². The van der Waals surface area contributed by atoms with Gasteiger partial charge in [0.2, 0.25) is 17.6 Å². The predicted molar refractivity (Wildman–Crippen MR) is 131 cm³/mol. The molecule has 1 saturated heterocycles. The largest absolute Gasteiger partial charge is 0.355 e. The van der Waals surface area contributed by atoms with Crippen LogP contribution in [-0.4, -0.2) is 46.3 Å². The molecule has 0 radical (unpaired) electrons. The second-order valence-corrected chi connectivity index (χ2v) is 10.5. The minimum Gasteiger partial charge on any atom is -0.355 e. The Kier molecular flexibility index (Phi) is 8.49. The van der Waals surface area contributed by atoms with Crippen LogP contribution in [0.2, 0.25) is 10.0 Å². The quantitative estimate of drug-likeness (QED) is 0.390. The van der Waals surface area contributed by atoms with E-state index in [2.05, 4.69) is 20.4 Å². The Morgan fingerprint density at radius 1 is 1.34 bits per heavy atom. The number of benzene rings is 1. The third-order valence-electron chi connectivity index (χ3n) is 5.26. The number of thioether (sulfide) groups is 1. The van der Waals surface area contributed by atoms with Crippen LogP contribution in [0.1, 0.15) is 24.3 Å². The number of carbonyl (C=O) groups is 1. The molecule has 1 N–H and O–H groups in total. The summed E-state index contributed by atoms with van der Waals surface area (Å²) in [5, 5.41) is 10.5. The molecule has 1 atom stereocenters. The molecule has 1 fully saturated rings. The van der Waals surface area contributed by atoms with Gasteiger partial charge in [-0.05, 0) is 48.5 Å². The lowest BCUT2D eigenvalue weighted by Crippen LogP contribution is -2.43. The first-order valence-electron chi connectivity index (χ1n) is 10.5. The van der Waals surface area contributed by atoms with Crippen molar-refractivity contribution < 1.29 is 9.32 Å². The molecule has 170 valence electrons. The Hall–Kier alpha value is -1.58. The van der Waals surface area contributed by atoms with E-state index in [4.69, 9.17) is 27.7 Å². The van der Waals surface area contributed by atoms with Crippen LogP contribution in [0.4, 0.5) is 0 Å². The number of thiophene rings is 1. The third-order valence-corrected chi connectivity index (χ3v) is 7.72. The van der Waals surface area contributed by atoms with Crippen molar-refractivity contribution in [1.82, 2.24) is 20.4 Å². The summed E-state index contributed by atoms with van der Waals surface area (Å²) >= 11 is 15.5. The van der Waals surface area contributed by atoms with Crippen LogP contribution in [0.25, 0.3) is 10.7 Å². The van der Waals surface area contributed by atoms with Gasteiger partial charge >= 0.3 is 0 Å². The zero-order chi connectivity index (χ0) is 22.3. The van der Waals surface area contributed by atoms with Crippen LogP contribution in [0.15, 0.2) is 40.2 Å². The van der Waals surface area contributed by atoms with Gasteiger partial charge in [-0.2, -0.15) is 16.7 Å². The molecule has 32 heavy (non-hydrogen) atoms. The van der Waals surface area contributed by atoms with Gasteiger partial charge in [-0.1, -0.05) is 40.5 Å². The Morgan fingerprint density at radius 2 is 2.25 bits per heavy atom. The molecule has 1 aromatic carbocycles. The molecule has 2 aromatic heterocycles. The third kappa shape index (κ3) is 6.48. The molecule has 0 saturated carbocycles. The van der Waals surface area contributed by atoms with Gasteiger partial charge in [0, 0.05) is 34.6 Å². The fourth-order valence-electron chi connectivity index (χ4n) is 3.64. The lowest BCUT2D eigenvalue weighted by molar-refractivity contribution is -0.126. The molecule has 3 aromatic rings. The number of nitrogens with one attached hydrogen (secondary N) is 1.